The lowest BCUT2D eigenvalue weighted by Crippen LogP contribution is -2.54. The highest BCUT2D eigenvalue weighted by Crippen LogP contribution is 2.32. The molecule has 8 heteroatoms. The van der Waals surface area contributed by atoms with E-state index in [1.807, 2.05) is 4.90 Å². The number of amides is 3. The Kier molecular flexibility index (Phi) is 5.48. The molecule has 0 spiro atoms. The maximum absolute atomic E-state index is 12.9. The second kappa shape index (κ2) is 7.63. The molecule has 1 atom stereocenters. The summed E-state index contributed by atoms with van der Waals surface area (Å²) in [6.07, 6.45) is -0.193. The molecule has 140 valence electrons. The molecule has 2 heterocycles. The van der Waals surface area contributed by atoms with Crippen LogP contribution in [0.4, 0.5) is 10.5 Å². The van der Waals surface area contributed by atoms with Crippen molar-refractivity contribution in [2.45, 2.75) is 26.3 Å². The molecule has 2 fully saturated rings. The van der Waals surface area contributed by atoms with Crippen molar-refractivity contribution in [3.63, 3.8) is 0 Å². The Balaban J connectivity index is 1.70. The highest BCUT2D eigenvalue weighted by molar-refractivity contribution is 6.32. The van der Waals surface area contributed by atoms with Gasteiger partial charge in [0.2, 0.25) is 5.91 Å². The fraction of sp³-hybridized carbons (Fsp3) is 0.500. The smallest absolute Gasteiger partial charge is 0.409 e. The first-order valence-corrected chi connectivity index (χ1v) is 9.09. The summed E-state index contributed by atoms with van der Waals surface area (Å²) >= 11 is 6.14. The molecule has 1 aromatic carbocycles. The molecule has 2 aliphatic heterocycles. The maximum Gasteiger partial charge on any atom is 0.409 e. The van der Waals surface area contributed by atoms with Crippen molar-refractivity contribution in [3.05, 3.63) is 28.8 Å². The monoisotopic (exact) mass is 379 g/mol. The largest absolute Gasteiger partial charge is 0.450 e. The van der Waals surface area contributed by atoms with E-state index in [4.69, 9.17) is 16.3 Å². The molecule has 2 aliphatic rings. The van der Waals surface area contributed by atoms with Gasteiger partial charge in [-0.3, -0.25) is 14.5 Å². The number of piperazine rings is 1. The number of ether oxygens (including phenoxy) is 1. The summed E-state index contributed by atoms with van der Waals surface area (Å²) < 4.78 is 5.01. The quantitative estimate of drug-likeness (QED) is 0.752. The third-order valence-corrected chi connectivity index (χ3v) is 5.29. The number of benzene rings is 1. The zero-order valence-electron chi connectivity index (χ0n) is 14.9. The van der Waals surface area contributed by atoms with Gasteiger partial charge in [-0.05, 0) is 31.5 Å². The van der Waals surface area contributed by atoms with Crippen LogP contribution in [0.2, 0.25) is 5.02 Å². The normalized spacial score (nSPS) is 21.4. The maximum atomic E-state index is 12.9. The van der Waals surface area contributed by atoms with Gasteiger partial charge in [0.05, 0.1) is 24.8 Å². The molecule has 0 saturated carbocycles. The van der Waals surface area contributed by atoms with Crippen molar-refractivity contribution in [3.8, 4) is 0 Å². The number of imide groups is 1. The molecule has 7 nitrogen and oxygen atoms in total. The van der Waals surface area contributed by atoms with Crippen LogP contribution in [0.5, 0.6) is 0 Å². The second-order valence-corrected chi connectivity index (χ2v) is 6.80. The zero-order valence-corrected chi connectivity index (χ0v) is 15.7. The number of rotatable bonds is 3. The minimum absolute atomic E-state index is 0.143. The molecule has 0 N–H and O–H groups in total. The Morgan fingerprint density at radius 3 is 2.58 bits per heavy atom. The van der Waals surface area contributed by atoms with Gasteiger partial charge in [0, 0.05) is 31.2 Å². The molecule has 0 aromatic heterocycles. The predicted octanol–water partition coefficient (Wildman–Crippen LogP) is 2.05. The second-order valence-electron chi connectivity index (χ2n) is 6.39. The van der Waals surface area contributed by atoms with Crippen LogP contribution in [0.25, 0.3) is 0 Å². The van der Waals surface area contributed by atoms with Gasteiger partial charge in [-0.2, -0.15) is 0 Å². The third kappa shape index (κ3) is 3.41. The minimum Gasteiger partial charge on any atom is -0.450 e. The van der Waals surface area contributed by atoms with Crippen molar-refractivity contribution in [2.75, 3.05) is 37.7 Å². The summed E-state index contributed by atoms with van der Waals surface area (Å²) in [6.45, 7) is 5.92. The molecule has 0 unspecified atom stereocenters. The van der Waals surface area contributed by atoms with Crippen LogP contribution in [0.1, 0.15) is 18.9 Å². The molecule has 0 radical (unpaired) electrons. The van der Waals surface area contributed by atoms with Gasteiger partial charge < -0.3 is 9.64 Å². The molecule has 0 aliphatic carbocycles. The van der Waals surface area contributed by atoms with Gasteiger partial charge in [-0.15, -0.1) is 0 Å². The van der Waals surface area contributed by atoms with Gasteiger partial charge in [-0.1, -0.05) is 17.7 Å². The number of anilines is 1. The van der Waals surface area contributed by atoms with E-state index in [2.05, 4.69) is 0 Å². The van der Waals surface area contributed by atoms with Crippen molar-refractivity contribution in [1.82, 2.24) is 9.80 Å². The molecule has 26 heavy (non-hydrogen) atoms. The molecular weight excluding hydrogens is 358 g/mol. The number of hydrogen-bond acceptors (Lipinski definition) is 5. The van der Waals surface area contributed by atoms with E-state index < -0.39 is 6.04 Å². The number of carbonyl (C=O) groups excluding carboxylic acids is 3. The molecule has 2 saturated heterocycles. The van der Waals surface area contributed by atoms with Crippen LogP contribution >= 0.6 is 11.6 Å². The topological polar surface area (TPSA) is 70.2 Å². The number of nitrogens with zero attached hydrogens (tertiary/aromatic N) is 3. The van der Waals surface area contributed by atoms with Crippen LogP contribution in [-0.2, 0) is 14.3 Å². The average molecular weight is 380 g/mol. The average Bonchev–Trinajstić information content (AvgIpc) is 2.92. The first-order chi connectivity index (χ1) is 12.4. The van der Waals surface area contributed by atoms with Gasteiger partial charge >= 0.3 is 6.09 Å². The molecule has 3 amide bonds. The Hall–Kier alpha value is -2.12. The summed E-state index contributed by atoms with van der Waals surface area (Å²) in [5.41, 5.74) is 1.25. The highest BCUT2D eigenvalue weighted by Gasteiger charge is 2.44. The van der Waals surface area contributed by atoms with Gasteiger partial charge in [0.15, 0.2) is 0 Å². The van der Waals surface area contributed by atoms with Gasteiger partial charge in [-0.25, -0.2) is 9.69 Å². The minimum atomic E-state index is -0.495. The standard InChI is InChI=1S/C18H22ClN3O4/c1-3-26-18(25)21-9-7-20(8-10-21)15-11-16(23)22(17(15)24)14-6-4-5-13(19)12(14)2/h4-6,15H,3,7-11H2,1-2H3/t15-/m0/s1. The molecular formula is C18H22ClN3O4. The fourth-order valence-corrected chi connectivity index (χ4v) is 3.59. The third-order valence-electron chi connectivity index (χ3n) is 4.88. The Bertz CT molecular complexity index is 731. The summed E-state index contributed by atoms with van der Waals surface area (Å²) in [5.74, 6) is -0.455. The van der Waals surface area contributed by atoms with E-state index in [1.54, 1.807) is 36.9 Å². The Morgan fingerprint density at radius 1 is 1.23 bits per heavy atom. The van der Waals surface area contributed by atoms with Crippen LogP contribution in [0.15, 0.2) is 18.2 Å². The SMILES string of the molecule is CCOC(=O)N1CCN([C@H]2CC(=O)N(c3cccc(Cl)c3C)C2=O)CC1. The van der Waals surface area contributed by atoms with Crippen LogP contribution < -0.4 is 4.90 Å². The van der Waals surface area contributed by atoms with E-state index in [0.29, 0.717) is 49.1 Å². The van der Waals surface area contributed by atoms with Crippen LogP contribution in [0, 0.1) is 6.92 Å². The van der Waals surface area contributed by atoms with Crippen LogP contribution in [-0.4, -0.2) is 66.5 Å². The van der Waals surface area contributed by atoms with Gasteiger partial charge in [0.1, 0.15) is 0 Å². The first-order valence-electron chi connectivity index (χ1n) is 8.71. The van der Waals surface area contributed by atoms with E-state index in [0.717, 1.165) is 0 Å². The van der Waals surface area contributed by atoms with Crippen molar-refractivity contribution in [1.29, 1.82) is 0 Å². The fourth-order valence-electron chi connectivity index (χ4n) is 3.42. The highest BCUT2D eigenvalue weighted by atomic mass is 35.5. The van der Waals surface area contributed by atoms with E-state index in [1.165, 1.54) is 4.90 Å². The van der Waals surface area contributed by atoms with Crippen LogP contribution in [0.3, 0.4) is 0 Å². The lowest BCUT2D eigenvalue weighted by molar-refractivity contribution is -0.123. The number of halogens is 1. The summed E-state index contributed by atoms with van der Waals surface area (Å²) in [7, 11) is 0. The summed E-state index contributed by atoms with van der Waals surface area (Å²) in [5, 5.41) is 0.523. The van der Waals surface area contributed by atoms with Crippen molar-refractivity contribution < 1.29 is 19.1 Å². The Morgan fingerprint density at radius 2 is 1.92 bits per heavy atom. The van der Waals surface area contributed by atoms with Crippen molar-refractivity contribution >= 4 is 35.2 Å². The molecule has 0 bridgehead atoms. The molecule has 1 aromatic rings. The summed E-state index contributed by atoms with van der Waals surface area (Å²) in [6, 6.07) is 4.71. The Labute approximate surface area is 157 Å². The molecule has 3 rings (SSSR count). The zero-order chi connectivity index (χ0) is 18.8. The van der Waals surface area contributed by atoms with Gasteiger partial charge in [0.25, 0.3) is 5.91 Å². The lowest BCUT2D eigenvalue weighted by atomic mass is 10.1. The number of hydrogen-bond donors (Lipinski definition) is 0. The first kappa shape index (κ1) is 18.7. The summed E-state index contributed by atoms with van der Waals surface area (Å²) in [4.78, 5) is 42.0. The number of carbonyl (C=O) groups is 3. The van der Waals surface area contributed by atoms with Crippen molar-refractivity contribution in [2.24, 2.45) is 0 Å². The lowest BCUT2D eigenvalue weighted by Gasteiger charge is -2.36. The predicted molar refractivity (Wildman–Crippen MR) is 97.3 cm³/mol. The van der Waals surface area contributed by atoms with E-state index in [-0.39, 0.29) is 24.3 Å². The van der Waals surface area contributed by atoms with E-state index in [9.17, 15) is 14.4 Å². The van der Waals surface area contributed by atoms with E-state index >= 15 is 0 Å².